The van der Waals surface area contributed by atoms with Crippen LogP contribution in [0.25, 0.3) is 87.7 Å². The summed E-state index contributed by atoms with van der Waals surface area (Å²) in [7, 11) is 0. The lowest BCUT2D eigenvalue weighted by Crippen LogP contribution is -2.28. The summed E-state index contributed by atoms with van der Waals surface area (Å²) in [5.41, 5.74) is 17.0. The quantitative estimate of drug-likeness (QED) is 0.167. The Labute approximate surface area is 382 Å². The smallest absolute Gasteiger partial charge is 0.165 e. The number of rotatable bonds is 6. The van der Waals surface area contributed by atoms with E-state index >= 15 is 0 Å². The lowest BCUT2D eigenvalue weighted by atomic mass is 9.67. The third-order valence-electron chi connectivity index (χ3n) is 14.1. The summed E-state index contributed by atoms with van der Waals surface area (Å²) in [6.45, 7) is 4.66. The molecular weight excluding hydrogens is 807 g/mol. The van der Waals surface area contributed by atoms with Gasteiger partial charge >= 0.3 is 0 Å². The van der Waals surface area contributed by atoms with Crippen molar-refractivity contribution < 1.29 is 0 Å². The van der Waals surface area contributed by atoms with Crippen molar-refractivity contribution in [1.82, 2.24) is 15.0 Å². The molecule has 11 aromatic rings. The van der Waals surface area contributed by atoms with Crippen molar-refractivity contribution in [2.45, 2.75) is 24.7 Å². The van der Waals surface area contributed by atoms with Gasteiger partial charge in [-0.25, -0.2) is 15.0 Å². The average Bonchev–Trinajstić information content (AvgIpc) is 3.98. The van der Waals surface area contributed by atoms with Gasteiger partial charge in [0.2, 0.25) is 0 Å². The largest absolute Gasteiger partial charge is 0.208 e. The summed E-state index contributed by atoms with van der Waals surface area (Å²) >= 11 is 1.80. The van der Waals surface area contributed by atoms with E-state index in [1.807, 2.05) is 0 Å². The number of aromatic nitrogens is 3. The molecule has 0 N–H and O–H groups in total. The number of hydrogen-bond donors (Lipinski definition) is 0. The zero-order valence-corrected chi connectivity index (χ0v) is 36.8. The molecule has 0 aliphatic heterocycles. The third kappa shape index (κ3) is 5.51. The van der Waals surface area contributed by atoms with E-state index in [1.165, 1.54) is 70.2 Å². The Morgan fingerprint density at radius 3 is 1.62 bits per heavy atom. The van der Waals surface area contributed by atoms with E-state index in [1.54, 1.807) is 11.3 Å². The van der Waals surface area contributed by atoms with Gasteiger partial charge in [-0.2, -0.15) is 0 Å². The van der Waals surface area contributed by atoms with Crippen LogP contribution in [0.4, 0.5) is 0 Å². The molecule has 0 saturated carbocycles. The maximum atomic E-state index is 5.56. The van der Waals surface area contributed by atoms with Crippen LogP contribution in [0.3, 0.4) is 0 Å². The second-order valence-corrected chi connectivity index (χ2v) is 18.9. The Kier molecular flexibility index (Phi) is 8.34. The van der Waals surface area contributed by atoms with Gasteiger partial charge in [0.1, 0.15) is 0 Å². The van der Waals surface area contributed by atoms with Gasteiger partial charge < -0.3 is 0 Å². The van der Waals surface area contributed by atoms with Crippen molar-refractivity contribution in [3.8, 4) is 67.5 Å². The molecule has 4 heteroatoms. The molecule has 65 heavy (non-hydrogen) atoms. The summed E-state index contributed by atoms with van der Waals surface area (Å²) < 4.78 is 2.41. The van der Waals surface area contributed by atoms with Crippen LogP contribution in [0.5, 0.6) is 0 Å². The lowest BCUT2D eigenvalue weighted by Gasteiger charge is -2.33. The van der Waals surface area contributed by atoms with Crippen LogP contribution in [0.15, 0.2) is 212 Å². The molecular formula is C61H41N3S. The number of nitrogens with zero attached hydrogens (tertiary/aromatic N) is 3. The van der Waals surface area contributed by atoms with E-state index in [9.17, 15) is 0 Å². The lowest BCUT2D eigenvalue weighted by molar-refractivity contribution is 0.660. The Hall–Kier alpha value is -7.79. The molecule has 0 bridgehead atoms. The summed E-state index contributed by atoms with van der Waals surface area (Å²) in [5.74, 6) is 1.94. The second kappa shape index (κ2) is 14.4. The van der Waals surface area contributed by atoms with Gasteiger partial charge in [-0.3, -0.25) is 0 Å². The molecule has 2 aliphatic carbocycles. The highest BCUT2D eigenvalue weighted by molar-refractivity contribution is 7.26. The fourth-order valence-electron chi connectivity index (χ4n) is 11.2. The van der Waals surface area contributed by atoms with Gasteiger partial charge in [0.05, 0.1) is 5.41 Å². The van der Waals surface area contributed by atoms with Crippen LogP contribution in [0.1, 0.15) is 47.2 Å². The highest BCUT2D eigenvalue weighted by Crippen LogP contribution is 2.58. The molecule has 306 valence electrons. The topological polar surface area (TPSA) is 38.7 Å². The minimum atomic E-state index is -0.556. The van der Waals surface area contributed by atoms with Crippen molar-refractivity contribution in [1.29, 1.82) is 0 Å². The van der Waals surface area contributed by atoms with Crippen molar-refractivity contribution >= 4 is 31.5 Å². The molecule has 2 aromatic heterocycles. The Morgan fingerprint density at radius 1 is 0.354 bits per heavy atom. The SMILES string of the molecule is CC1(C)c2ccccc2-c2cc(-c3ccccc3-c3nc(-c4cccc5c4-c4ccccc4C5(c4ccccc4)c4ccccc4)nc(-c4cccc5c4sc4ccccc45)n3)ccc21. The first kappa shape index (κ1) is 37.7. The van der Waals surface area contributed by atoms with Gasteiger partial charge in [0.15, 0.2) is 17.5 Å². The van der Waals surface area contributed by atoms with Crippen molar-refractivity contribution in [3.63, 3.8) is 0 Å². The van der Waals surface area contributed by atoms with Gasteiger partial charge in [-0.1, -0.05) is 208 Å². The van der Waals surface area contributed by atoms with Gasteiger partial charge in [0.25, 0.3) is 0 Å². The van der Waals surface area contributed by atoms with Gasteiger partial charge in [0, 0.05) is 42.3 Å². The number of fused-ring (bicyclic) bond motifs is 9. The van der Waals surface area contributed by atoms with Gasteiger partial charge in [-0.05, 0) is 85.0 Å². The average molecular weight is 848 g/mol. The molecule has 13 rings (SSSR count). The summed E-state index contributed by atoms with van der Waals surface area (Å²) in [5, 5.41) is 2.45. The Balaban J connectivity index is 1.08. The highest BCUT2D eigenvalue weighted by atomic mass is 32.1. The molecule has 0 unspecified atom stereocenters. The van der Waals surface area contributed by atoms with Crippen LogP contribution >= 0.6 is 11.3 Å². The first-order valence-corrected chi connectivity index (χ1v) is 23.2. The van der Waals surface area contributed by atoms with Crippen molar-refractivity contribution in [2.24, 2.45) is 0 Å². The first-order valence-electron chi connectivity index (χ1n) is 22.4. The van der Waals surface area contributed by atoms with Crippen LogP contribution in [0.2, 0.25) is 0 Å². The van der Waals surface area contributed by atoms with Gasteiger partial charge in [-0.15, -0.1) is 11.3 Å². The minimum absolute atomic E-state index is 0.0806. The minimum Gasteiger partial charge on any atom is -0.208 e. The van der Waals surface area contributed by atoms with E-state index in [-0.39, 0.29) is 5.41 Å². The van der Waals surface area contributed by atoms with Crippen LogP contribution < -0.4 is 0 Å². The zero-order valence-electron chi connectivity index (χ0n) is 36.0. The zero-order chi connectivity index (χ0) is 43.3. The molecule has 3 nitrogen and oxygen atoms in total. The molecule has 0 amide bonds. The molecule has 0 spiro atoms. The van der Waals surface area contributed by atoms with Crippen molar-refractivity contribution in [2.75, 3.05) is 0 Å². The van der Waals surface area contributed by atoms with E-state index in [0.717, 1.165) is 33.4 Å². The molecule has 9 aromatic carbocycles. The highest BCUT2D eigenvalue weighted by Gasteiger charge is 2.47. The van der Waals surface area contributed by atoms with Crippen molar-refractivity contribution in [3.05, 3.63) is 246 Å². The predicted octanol–water partition coefficient (Wildman–Crippen LogP) is 15.6. The van der Waals surface area contributed by atoms with E-state index in [0.29, 0.717) is 17.5 Å². The Morgan fingerprint density at radius 2 is 0.862 bits per heavy atom. The summed E-state index contributed by atoms with van der Waals surface area (Å²) in [6.07, 6.45) is 0. The third-order valence-corrected chi connectivity index (χ3v) is 15.3. The molecule has 0 saturated heterocycles. The molecule has 0 atom stereocenters. The predicted molar refractivity (Wildman–Crippen MR) is 269 cm³/mol. The summed E-state index contributed by atoms with van der Waals surface area (Å²) in [6, 6.07) is 77.1. The number of thiophene rings is 1. The van der Waals surface area contributed by atoms with E-state index < -0.39 is 5.41 Å². The number of hydrogen-bond acceptors (Lipinski definition) is 4. The summed E-state index contributed by atoms with van der Waals surface area (Å²) in [4.78, 5) is 16.6. The standard InChI is InChI=1S/C61H41N3S/c1-60(2)50-31-14-11-24-42(50)49-37-38(35-36-51(49)60)41-23-9-10-26-45(41)57-62-58(64-59(63-57)48-30-17-28-44-43-25-13-16-34-54(43)65-56(44)48)47-29-18-33-53-55(47)46-27-12-15-32-52(46)61(53,39-19-5-3-6-20-39)40-21-7-4-8-22-40/h3-37H,1-2H3. The Bertz CT molecular complexity index is 3660. The first-order chi connectivity index (χ1) is 32.0. The van der Waals surface area contributed by atoms with E-state index in [2.05, 4.69) is 226 Å². The second-order valence-electron chi connectivity index (χ2n) is 17.8. The van der Waals surface area contributed by atoms with Crippen LogP contribution in [-0.2, 0) is 10.8 Å². The van der Waals surface area contributed by atoms with E-state index in [4.69, 9.17) is 15.0 Å². The fraction of sp³-hybridized carbons (Fsp3) is 0.0656. The molecule has 0 radical (unpaired) electrons. The normalized spacial score (nSPS) is 13.9. The number of benzene rings is 9. The fourth-order valence-corrected chi connectivity index (χ4v) is 12.4. The molecule has 0 fully saturated rings. The molecule has 2 heterocycles. The maximum absolute atomic E-state index is 5.56. The van der Waals surface area contributed by atoms with Crippen LogP contribution in [-0.4, -0.2) is 15.0 Å². The monoisotopic (exact) mass is 847 g/mol. The van der Waals surface area contributed by atoms with Crippen LogP contribution in [0, 0.1) is 0 Å². The molecule has 2 aliphatic rings. The maximum Gasteiger partial charge on any atom is 0.165 e.